The van der Waals surface area contributed by atoms with Gasteiger partial charge < -0.3 is 70.2 Å². The Morgan fingerprint density at radius 2 is 0.815 bits per heavy atom. The van der Waals surface area contributed by atoms with Gasteiger partial charge in [0.25, 0.3) is 0 Å². The molecule has 0 aromatic rings. The minimum atomic E-state index is -2.36. The van der Waals surface area contributed by atoms with Crippen molar-refractivity contribution in [3.8, 4) is 0 Å². The normalized spacial score (nSPS) is 19.3. The Bertz CT molecular complexity index is 431. The fraction of sp³-hybridized carbons (Fsp3) is 0.667. The van der Waals surface area contributed by atoms with Crippen LogP contribution in [0.3, 0.4) is 0 Å². The van der Waals surface area contributed by atoms with Crippen LogP contribution in [-0.2, 0) is 19.2 Å². The van der Waals surface area contributed by atoms with E-state index in [9.17, 15) is 29.4 Å². The molecule has 8 atom stereocenters. The van der Waals surface area contributed by atoms with Crippen LogP contribution in [0, 0.1) is 0 Å². The number of aliphatic hydroxyl groups is 8. The molecule has 0 saturated carbocycles. The first-order chi connectivity index (χ1) is 11.8. The van der Waals surface area contributed by atoms with Crippen LogP contribution >= 0.6 is 0 Å². The van der Waals surface area contributed by atoms with Crippen molar-refractivity contribution in [1.29, 1.82) is 0 Å². The Labute approximate surface area is 191 Å². The third-order valence-electron chi connectivity index (χ3n) is 2.81. The van der Waals surface area contributed by atoms with Gasteiger partial charge in [-0.25, -0.2) is 0 Å². The quantitative estimate of drug-likeness (QED) is 0.0975. The predicted molar refractivity (Wildman–Crippen MR) is 76.0 cm³/mol. The summed E-state index contributed by atoms with van der Waals surface area (Å²) in [6, 6.07) is 0. The van der Waals surface area contributed by atoms with E-state index in [1.165, 1.54) is 0 Å². The summed E-state index contributed by atoms with van der Waals surface area (Å²) in [5.41, 5.74) is 0. The van der Waals surface area contributed by atoms with E-state index in [4.69, 9.17) is 40.9 Å². The number of carbonyl (C=O) groups excluding carboxylic acids is 4. The summed E-state index contributed by atoms with van der Waals surface area (Å²) < 4.78 is 0. The van der Waals surface area contributed by atoms with Crippen molar-refractivity contribution in [3.05, 3.63) is 0 Å². The molecule has 0 aromatic heterocycles. The fourth-order valence-electron chi connectivity index (χ4n) is 1.22. The van der Waals surface area contributed by atoms with Crippen molar-refractivity contribution >= 4 is 73.4 Å². The smallest absolute Gasteiger partial charge is 0.547 e. The van der Waals surface area contributed by atoms with Gasteiger partial charge in [-0.15, -0.1) is 0 Å². The zero-order valence-electron chi connectivity index (χ0n) is 13.5. The van der Waals surface area contributed by atoms with E-state index < -0.39 is 60.8 Å². The second kappa shape index (κ2) is 15.5. The Morgan fingerprint density at radius 3 is 0.963 bits per heavy atom. The van der Waals surface area contributed by atoms with Crippen LogP contribution in [-0.4, -0.2) is 163 Å². The number of aldehydes is 2. The molecular weight excluding hydrogens is 505 g/mol. The summed E-state index contributed by atoms with van der Waals surface area (Å²) in [4.78, 5) is 39.7. The molecule has 0 amide bonds. The van der Waals surface area contributed by atoms with Crippen LogP contribution in [0.15, 0.2) is 0 Å². The van der Waals surface area contributed by atoms with Gasteiger partial charge in [-0.3, -0.25) is 0 Å². The fourth-order valence-corrected chi connectivity index (χ4v) is 1.22. The van der Waals surface area contributed by atoms with Crippen LogP contribution in [0.2, 0.25) is 0 Å². The molecule has 0 spiro atoms. The van der Waals surface area contributed by atoms with E-state index in [1.807, 2.05) is 0 Å². The first kappa shape index (κ1) is 31.2. The minimum absolute atomic E-state index is 0. The van der Waals surface area contributed by atoms with Gasteiger partial charge in [-0.05, 0) is 0 Å². The van der Waals surface area contributed by atoms with Crippen molar-refractivity contribution in [2.45, 2.75) is 48.8 Å². The molecule has 15 heteroatoms. The van der Waals surface area contributed by atoms with Crippen LogP contribution in [0.1, 0.15) is 0 Å². The molecule has 0 radical (unpaired) electrons. The number of hydrogen-bond acceptors (Lipinski definition) is 14. The maximum Gasteiger partial charge on any atom is 2.00 e. The van der Waals surface area contributed by atoms with Crippen molar-refractivity contribution in [1.82, 2.24) is 0 Å². The summed E-state index contributed by atoms with van der Waals surface area (Å²) in [6.45, 7) is 0. The Morgan fingerprint density at radius 1 is 0.593 bits per heavy atom. The standard InChI is InChI=1S/2C6H10O7.Ba/c2*7-1-2(8)3(9)4(10)5(11)6(12)13;/h2*1-5,8-11H,(H,12,13);/q;;+2/p-2/t2*2-,3+,4-,5-;/m00./s1. The van der Waals surface area contributed by atoms with Crippen molar-refractivity contribution in [2.24, 2.45) is 0 Å². The molecule has 0 aliphatic carbocycles. The van der Waals surface area contributed by atoms with Crippen LogP contribution in [0.25, 0.3) is 0 Å². The maximum atomic E-state index is 9.95. The molecular formula is C12H18BaO14. The maximum absolute atomic E-state index is 9.95. The van der Waals surface area contributed by atoms with E-state index in [-0.39, 0.29) is 61.5 Å². The van der Waals surface area contributed by atoms with Crippen LogP contribution in [0.5, 0.6) is 0 Å². The number of carbonyl (C=O) groups is 4. The Balaban J connectivity index is -0.000000411. The number of aliphatic hydroxyl groups excluding tert-OH is 8. The molecule has 8 N–H and O–H groups in total. The van der Waals surface area contributed by atoms with Crippen molar-refractivity contribution in [3.63, 3.8) is 0 Å². The van der Waals surface area contributed by atoms with Crippen molar-refractivity contribution < 1.29 is 70.2 Å². The molecule has 0 aliphatic heterocycles. The van der Waals surface area contributed by atoms with Gasteiger partial charge in [0.2, 0.25) is 0 Å². The largest absolute Gasteiger partial charge is 2.00 e. The molecule has 0 bridgehead atoms. The Kier molecular flexibility index (Phi) is 17.9. The van der Waals surface area contributed by atoms with Gasteiger partial charge in [-0.1, -0.05) is 0 Å². The van der Waals surface area contributed by atoms with Gasteiger partial charge in [-0.2, -0.15) is 0 Å². The first-order valence-corrected chi connectivity index (χ1v) is 6.60. The molecule has 0 heterocycles. The van der Waals surface area contributed by atoms with Gasteiger partial charge in [0, 0.05) is 0 Å². The summed E-state index contributed by atoms with van der Waals surface area (Å²) in [5, 5.41) is 89.7. The molecule has 27 heavy (non-hydrogen) atoms. The third kappa shape index (κ3) is 11.2. The molecule has 0 aromatic carbocycles. The summed E-state index contributed by atoms with van der Waals surface area (Å²) in [6.07, 6.45) is -17.3. The summed E-state index contributed by atoms with van der Waals surface area (Å²) in [7, 11) is 0. The molecule has 0 unspecified atom stereocenters. The van der Waals surface area contributed by atoms with E-state index in [2.05, 4.69) is 0 Å². The summed E-state index contributed by atoms with van der Waals surface area (Å²) in [5.74, 6) is -4.02. The van der Waals surface area contributed by atoms with Crippen LogP contribution in [0.4, 0.5) is 0 Å². The number of carboxylic acid groups (broad SMARTS) is 2. The molecule has 0 saturated heterocycles. The van der Waals surface area contributed by atoms with Crippen molar-refractivity contribution in [2.75, 3.05) is 0 Å². The molecule has 14 nitrogen and oxygen atoms in total. The van der Waals surface area contributed by atoms with Gasteiger partial charge in [0.05, 0.1) is 11.9 Å². The van der Waals surface area contributed by atoms with Crippen LogP contribution < -0.4 is 10.2 Å². The number of hydrogen-bond donors (Lipinski definition) is 8. The zero-order chi connectivity index (χ0) is 21.2. The zero-order valence-corrected chi connectivity index (χ0v) is 17.9. The van der Waals surface area contributed by atoms with Gasteiger partial charge in [0.1, 0.15) is 48.8 Å². The SMILES string of the molecule is O=C[C@H](O)[C@@H](O)[C@H](O)[C@H](O)C(=O)[O-].O=C[C@H](O)[C@@H](O)[C@H](O)[C@H](O)C(=O)[O-].[Ba+2]. The Hall–Kier alpha value is -0.469. The monoisotopic (exact) mass is 524 g/mol. The molecule has 0 fully saturated rings. The van der Waals surface area contributed by atoms with Gasteiger partial charge >= 0.3 is 48.9 Å². The number of rotatable bonds is 10. The molecule has 0 aliphatic rings. The predicted octanol–water partition coefficient (Wildman–Crippen LogP) is -9.62. The van der Waals surface area contributed by atoms with E-state index in [0.717, 1.165) is 0 Å². The van der Waals surface area contributed by atoms with Gasteiger partial charge in [0.15, 0.2) is 12.6 Å². The second-order valence-corrected chi connectivity index (χ2v) is 4.74. The number of carboxylic acids is 2. The average molecular weight is 524 g/mol. The molecule has 152 valence electrons. The summed E-state index contributed by atoms with van der Waals surface area (Å²) >= 11 is 0. The second-order valence-electron chi connectivity index (χ2n) is 4.74. The topological polar surface area (TPSA) is 276 Å². The average Bonchev–Trinajstić information content (AvgIpc) is 2.62. The minimum Gasteiger partial charge on any atom is -0.547 e. The first-order valence-electron chi connectivity index (χ1n) is 6.60. The third-order valence-corrected chi connectivity index (χ3v) is 2.81. The van der Waals surface area contributed by atoms with E-state index >= 15 is 0 Å². The molecule has 0 rings (SSSR count). The number of aliphatic carboxylic acids is 2. The van der Waals surface area contributed by atoms with E-state index in [0.29, 0.717) is 0 Å². The van der Waals surface area contributed by atoms with E-state index in [1.54, 1.807) is 0 Å².